The van der Waals surface area contributed by atoms with Crippen molar-refractivity contribution in [2.45, 2.75) is 6.42 Å². The van der Waals surface area contributed by atoms with Crippen LogP contribution in [-0.4, -0.2) is 0 Å². The van der Waals surface area contributed by atoms with Gasteiger partial charge in [0, 0.05) is 0 Å². The Bertz CT molecular complexity index is 211. The third-order valence-corrected chi connectivity index (χ3v) is 1.43. The minimum Gasteiger partial charge on any atom is -0.0839 e. The van der Waals surface area contributed by atoms with E-state index in [1.807, 2.05) is 42.5 Å². The van der Waals surface area contributed by atoms with Gasteiger partial charge in [-0.05, 0) is 12.8 Å². The Morgan fingerprint density at radius 1 is 0.500 bits per heavy atom. The van der Waals surface area contributed by atoms with Crippen LogP contribution in [0.3, 0.4) is 0 Å². The second-order valence-electron chi connectivity index (χ2n) is 2.44. The van der Waals surface area contributed by atoms with Gasteiger partial charge in [0.2, 0.25) is 0 Å². The van der Waals surface area contributed by atoms with E-state index in [-0.39, 0.29) is 0 Å². The molecule has 0 heterocycles. The van der Waals surface area contributed by atoms with E-state index in [0.29, 0.717) is 0 Å². The standard InChI is InChI=1S/C12H13/c1-2-4-6-8-10-12-11-9-7-5-3-1/h1-11H,12H2/b2-1-,5-3+,6-4+,9-7-,10-8-. The SMILES string of the molecule is [CH]1\C=C/C=C/C=C\C=C\C=C/C1. The maximum Gasteiger partial charge on any atom is -0.0130 e. The predicted molar refractivity (Wildman–Crippen MR) is 54.6 cm³/mol. The molecule has 12 heavy (non-hydrogen) atoms. The van der Waals surface area contributed by atoms with Gasteiger partial charge in [-0.3, -0.25) is 0 Å². The average molecular weight is 157 g/mol. The number of hydrogen-bond donors (Lipinski definition) is 0. The van der Waals surface area contributed by atoms with Crippen LogP contribution in [0.2, 0.25) is 0 Å². The fourth-order valence-electron chi connectivity index (χ4n) is 0.842. The molecule has 1 rings (SSSR count). The van der Waals surface area contributed by atoms with E-state index in [0.717, 1.165) is 6.42 Å². The highest BCUT2D eigenvalue weighted by molar-refractivity contribution is 5.20. The van der Waals surface area contributed by atoms with Gasteiger partial charge in [-0.15, -0.1) is 0 Å². The molecule has 0 N–H and O–H groups in total. The van der Waals surface area contributed by atoms with Crippen LogP contribution in [0.15, 0.2) is 60.8 Å². The first-order valence-corrected chi connectivity index (χ1v) is 4.15. The van der Waals surface area contributed by atoms with Crippen LogP contribution >= 0.6 is 0 Å². The van der Waals surface area contributed by atoms with Gasteiger partial charge in [0.1, 0.15) is 0 Å². The first-order chi connectivity index (χ1) is 6.00. The molecule has 0 atom stereocenters. The summed E-state index contributed by atoms with van der Waals surface area (Å²) in [5.74, 6) is 0. The summed E-state index contributed by atoms with van der Waals surface area (Å²) in [6, 6.07) is 0. The third kappa shape index (κ3) is 4.51. The van der Waals surface area contributed by atoms with Gasteiger partial charge in [-0.25, -0.2) is 0 Å². The van der Waals surface area contributed by atoms with E-state index in [9.17, 15) is 0 Å². The third-order valence-electron chi connectivity index (χ3n) is 1.43. The van der Waals surface area contributed by atoms with Gasteiger partial charge < -0.3 is 0 Å². The van der Waals surface area contributed by atoms with Crippen molar-refractivity contribution in [1.82, 2.24) is 0 Å². The van der Waals surface area contributed by atoms with Crippen LogP contribution in [0.25, 0.3) is 0 Å². The van der Waals surface area contributed by atoms with Crippen molar-refractivity contribution >= 4 is 0 Å². The highest BCUT2D eigenvalue weighted by Crippen LogP contribution is 1.94. The van der Waals surface area contributed by atoms with Crippen LogP contribution in [0.5, 0.6) is 0 Å². The van der Waals surface area contributed by atoms with E-state index in [1.54, 1.807) is 0 Å². The number of rotatable bonds is 0. The van der Waals surface area contributed by atoms with Gasteiger partial charge in [-0.2, -0.15) is 0 Å². The Kier molecular flexibility index (Phi) is 4.70. The molecule has 61 valence electrons. The molecule has 1 aliphatic carbocycles. The summed E-state index contributed by atoms with van der Waals surface area (Å²) in [7, 11) is 0. The lowest BCUT2D eigenvalue weighted by Crippen LogP contribution is -1.65. The van der Waals surface area contributed by atoms with Gasteiger partial charge >= 0.3 is 0 Å². The molecular weight excluding hydrogens is 144 g/mol. The first-order valence-electron chi connectivity index (χ1n) is 4.15. The Balaban J connectivity index is 2.55. The molecule has 0 aromatic carbocycles. The molecule has 0 saturated heterocycles. The van der Waals surface area contributed by atoms with Crippen LogP contribution in [0.1, 0.15) is 6.42 Å². The second kappa shape index (κ2) is 6.41. The zero-order valence-corrected chi connectivity index (χ0v) is 7.06. The molecule has 0 aromatic heterocycles. The maximum absolute atomic E-state index is 2.12. The van der Waals surface area contributed by atoms with Gasteiger partial charge in [0.15, 0.2) is 0 Å². The number of allylic oxidation sites excluding steroid dienone is 10. The van der Waals surface area contributed by atoms with Crippen LogP contribution < -0.4 is 0 Å². The Labute approximate surface area is 74.3 Å². The summed E-state index contributed by atoms with van der Waals surface area (Å²) >= 11 is 0. The van der Waals surface area contributed by atoms with Crippen molar-refractivity contribution < 1.29 is 0 Å². The van der Waals surface area contributed by atoms with Crippen molar-refractivity contribution in [3.8, 4) is 0 Å². The lowest BCUT2D eigenvalue weighted by Gasteiger charge is -1.84. The molecule has 0 amide bonds. The lowest BCUT2D eigenvalue weighted by molar-refractivity contribution is 1.29. The van der Waals surface area contributed by atoms with E-state index in [4.69, 9.17) is 0 Å². The molecule has 0 aliphatic heterocycles. The number of hydrogen-bond acceptors (Lipinski definition) is 0. The highest BCUT2D eigenvalue weighted by atomic mass is 13.8. The molecule has 0 heteroatoms. The quantitative estimate of drug-likeness (QED) is 0.505. The van der Waals surface area contributed by atoms with Crippen molar-refractivity contribution in [2.75, 3.05) is 0 Å². The fourth-order valence-corrected chi connectivity index (χ4v) is 0.842. The fraction of sp³-hybridized carbons (Fsp3) is 0.0833. The minimum atomic E-state index is 0.998. The van der Waals surface area contributed by atoms with Gasteiger partial charge in [0.05, 0.1) is 0 Å². The summed E-state index contributed by atoms with van der Waals surface area (Å²) < 4.78 is 0. The first kappa shape index (κ1) is 8.79. The van der Waals surface area contributed by atoms with Crippen molar-refractivity contribution in [3.63, 3.8) is 0 Å². The smallest absolute Gasteiger partial charge is 0.0130 e. The molecule has 1 aliphatic rings. The van der Waals surface area contributed by atoms with E-state index < -0.39 is 0 Å². The van der Waals surface area contributed by atoms with Gasteiger partial charge in [-0.1, -0.05) is 60.8 Å². The molecule has 0 spiro atoms. The van der Waals surface area contributed by atoms with Crippen LogP contribution in [-0.2, 0) is 0 Å². The summed E-state index contributed by atoms with van der Waals surface area (Å²) in [6.07, 6.45) is 23.5. The summed E-state index contributed by atoms with van der Waals surface area (Å²) in [4.78, 5) is 0. The molecular formula is C12H13. The largest absolute Gasteiger partial charge is 0.0839 e. The Morgan fingerprint density at radius 2 is 1.00 bits per heavy atom. The predicted octanol–water partition coefficient (Wildman–Crippen LogP) is 3.38. The van der Waals surface area contributed by atoms with Crippen molar-refractivity contribution in [3.05, 3.63) is 67.2 Å². The molecule has 0 bridgehead atoms. The summed E-state index contributed by atoms with van der Waals surface area (Å²) in [5.41, 5.74) is 0. The molecule has 0 saturated carbocycles. The van der Waals surface area contributed by atoms with Gasteiger partial charge in [0.25, 0.3) is 0 Å². The lowest BCUT2D eigenvalue weighted by atomic mass is 10.2. The van der Waals surface area contributed by atoms with E-state index >= 15 is 0 Å². The normalized spacial score (nSPS) is 30.7. The molecule has 0 fully saturated rings. The zero-order chi connectivity index (χ0) is 8.49. The summed E-state index contributed by atoms with van der Waals surface area (Å²) in [6.45, 7) is 0. The zero-order valence-electron chi connectivity index (χ0n) is 7.06. The minimum absolute atomic E-state index is 0.998. The van der Waals surface area contributed by atoms with Crippen molar-refractivity contribution in [2.24, 2.45) is 0 Å². The average Bonchev–Trinajstić information content (AvgIpc) is 2.05. The molecule has 0 unspecified atom stereocenters. The van der Waals surface area contributed by atoms with E-state index in [2.05, 4.69) is 24.6 Å². The van der Waals surface area contributed by atoms with Crippen LogP contribution in [0.4, 0.5) is 0 Å². The highest BCUT2D eigenvalue weighted by Gasteiger charge is 1.75. The molecule has 1 radical (unpaired) electrons. The Morgan fingerprint density at radius 3 is 1.67 bits per heavy atom. The topological polar surface area (TPSA) is 0 Å². The molecule has 0 aromatic rings. The summed E-state index contributed by atoms with van der Waals surface area (Å²) in [5, 5.41) is 0. The monoisotopic (exact) mass is 157 g/mol. The van der Waals surface area contributed by atoms with Crippen LogP contribution in [0, 0.1) is 6.42 Å². The maximum atomic E-state index is 2.12. The Hall–Kier alpha value is -1.30. The second-order valence-corrected chi connectivity index (χ2v) is 2.44. The molecule has 0 nitrogen and oxygen atoms in total. The van der Waals surface area contributed by atoms with Crippen molar-refractivity contribution in [1.29, 1.82) is 0 Å². The van der Waals surface area contributed by atoms with E-state index in [1.165, 1.54) is 0 Å².